The molecule has 3 aliphatic heterocycles. The SMILES string of the molecule is C[C@@H]1CN(c2ccc3c(c2)CCC(=O)C(C2=CN4C=C(F)C=NC4=CC=C2)=C3)C[C@H](C)N1. The van der Waals surface area contributed by atoms with E-state index in [1.807, 2.05) is 18.2 Å². The zero-order valence-electron chi connectivity index (χ0n) is 18.4. The third-order valence-electron chi connectivity index (χ3n) is 6.23. The number of aliphatic imine (C=N–C) groups is 1. The van der Waals surface area contributed by atoms with E-state index < -0.39 is 5.83 Å². The molecular formula is C26H27FN4O. The van der Waals surface area contributed by atoms with Crippen molar-refractivity contribution in [3.05, 3.63) is 82.7 Å². The van der Waals surface area contributed by atoms with Gasteiger partial charge < -0.3 is 15.1 Å². The third kappa shape index (κ3) is 4.10. The Hall–Kier alpha value is -3.25. The van der Waals surface area contributed by atoms with Crippen LogP contribution in [0.3, 0.4) is 0 Å². The number of hydrogen-bond donors (Lipinski definition) is 1. The van der Waals surface area contributed by atoms with Crippen molar-refractivity contribution in [3.63, 3.8) is 0 Å². The van der Waals surface area contributed by atoms with E-state index in [4.69, 9.17) is 0 Å². The van der Waals surface area contributed by atoms with Gasteiger partial charge in [-0.15, -0.1) is 0 Å². The molecule has 0 bridgehead atoms. The molecule has 1 N–H and O–H groups in total. The van der Waals surface area contributed by atoms with E-state index in [0.717, 1.165) is 24.2 Å². The molecule has 2 atom stereocenters. The molecule has 1 aliphatic carbocycles. The lowest BCUT2D eigenvalue weighted by atomic mass is 9.99. The molecule has 1 saturated heterocycles. The number of benzene rings is 1. The van der Waals surface area contributed by atoms with Crippen molar-refractivity contribution in [1.82, 2.24) is 10.2 Å². The number of hydrogen-bond acceptors (Lipinski definition) is 5. The predicted octanol–water partition coefficient (Wildman–Crippen LogP) is 4.26. The fraction of sp³-hybridized carbons (Fsp3) is 0.308. The lowest BCUT2D eigenvalue weighted by Gasteiger charge is -2.38. The van der Waals surface area contributed by atoms with Crippen molar-refractivity contribution in [2.75, 3.05) is 18.0 Å². The highest BCUT2D eigenvalue weighted by molar-refractivity contribution is 6.05. The second-order valence-corrected chi connectivity index (χ2v) is 8.89. The van der Waals surface area contributed by atoms with E-state index in [1.165, 1.54) is 23.7 Å². The molecule has 0 saturated carbocycles. The molecule has 0 radical (unpaired) electrons. The van der Waals surface area contributed by atoms with Gasteiger partial charge in [0.15, 0.2) is 11.6 Å². The van der Waals surface area contributed by atoms with Gasteiger partial charge in [0, 0.05) is 60.8 Å². The Kier molecular flexibility index (Phi) is 5.39. The van der Waals surface area contributed by atoms with Crippen molar-refractivity contribution in [2.45, 2.75) is 38.8 Å². The molecule has 0 unspecified atom stereocenters. The summed E-state index contributed by atoms with van der Waals surface area (Å²) in [7, 11) is 0. The maximum atomic E-state index is 13.7. The zero-order chi connectivity index (χ0) is 22.2. The van der Waals surface area contributed by atoms with Crippen LogP contribution in [0.1, 0.15) is 31.4 Å². The molecule has 5 rings (SSSR count). The average molecular weight is 431 g/mol. The van der Waals surface area contributed by atoms with E-state index >= 15 is 0 Å². The number of nitrogens with zero attached hydrogens (tertiary/aromatic N) is 3. The second-order valence-electron chi connectivity index (χ2n) is 8.89. The van der Waals surface area contributed by atoms with Crippen LogP contribution in [0.4, 0.5) is 10.1 Å². The molecule has 0 aromatic heterocycles. The maximum Gasteiger partial charge on any atom is 0.163 e. The first-order valence-electron chi connectivity index (χ1n) is 11.2. The topological polar surface area (TPSA) is 47.9 Å². The third-order valence-corrected chi connectivity index (χ3v) is 6.23. The monoisotopic (exact) mass is 430 g/mol. The van der Waals surface area contributed by atoms with Crippen LogP contribution in [0.2, 0.25) is 0 Å². The predicted molar refractivity (Wildman–Crippen MR) is 127 cm³/mol. The van der Waals surface area contributed by atoms with Crippen LogP contribution >= 0.6 is 0 Å². The van der Waals surface area contributed by atoms with Gasteiger partial charge in [-0.05, 0) is 55.7 Å². The number of piperazine rings is 1. The Morgan fingerprint density at radius 1 is 1.12 bits per heavy atom. The van der Waals surface area contributed by atoms with Crippen LogP contribution < -0.4 is 10.2 Å². The molecule has 1 fully saturated rings. The summed E-state index contributed by atoms with van der Waals surface area (Å²) < 4.78 is 13.7. The Labute approximate surface area is 188 Å². The fourth-order valence-corrected chi connectivity index (χ4v) is 4.80. The Morgan fingerprint density at radius 3 is 2.75 bits per heavy atom. The smallest absolute Gasteiger partial charge is 0.163 e. The molecule has 3 heterocycles. The van der Waals surface area contributed by atoms with E-state index in [-0.39, 0.29) is 5.78 Å². The van der Waals surface area contributed by atoms with Gasteiger partial charge in [-0.1, -0.05) is 18.2 Å². The van der Waals surface area contributed by atoms with Crippen LogP contribution in [0.15, 0.2) is 76.6 Å². The van der Waals surface area contributed by atoms with Crippen molar-refractivity contribution in [2.24, 2.45) is 4.99 Å². The molecule has 4 aliphatic rings. The lowest BCUT2D eigenvalue weighted by Crippen LogP contribution is -2.54. The van der Waals surface area contributed by atoms with Gasteiger partial charge in [0.05, 0.1) is 6.21 Å². The Morgan fingerprint density at radius 2 is 1.94 bits per heavy atom. The minimum atomic E-state index is -0.421. The van der Waals surface area contributed by atoms with Gasteiger partial charge in [0.25, 0.3) is 0 Å². The zero-order valence-corrected chi connectivity index (χ0v) is 18.4. The molecule has 1 aromatic rings. The van der Waals surface area contributed by atoms with Gasteiger partial charge in [0.1, 0.15) is 5.82 Å². The Balaban J connectivity index is 1.47. The van der Waals surface area contributed by atoms with Gasteiger partial charge in [-0.25, -0.2) is 9.38 Å². The lowest BCUT2D eigenvalue weighted by molar-refractivity contribution is -0.115. The first kappa shape index (κ1) is 20.6. The number of rotatable bonds is 2. The first-order valence-corrected chi connectivity index (χ1v) is 11.2. The van der Waals surface area contributed by atoms with Crippen LogP contribution in [0, 0.1) is 0 Å². The maximum absolute atomic E-state index is 13.7. The highest BCUT2D eigenvalue weighted by Gasteiger charge is 2.24. The number of halogens is 1. The van der Waals surface area contributed by atoms with Crippen LogP contribution in [0.5, 0.6) is 0 Å². The standard InChI is InChI=1S/C26H27FN4O/c1-17-13-30(14-18(2)29-17)23-8-6-20-11-24(25(32)9-7-19(20)10-23)21-4-3-5-26-28-12-22(27)16-31(26)15-21/h3-6,8,10-12,15-18,29H,7,9,13-14H2,1-2H3/t17-,18+. The molecule has 6 heteroatoms. The number of carbonyl (C=O) groups excluding carboxylic acids is 1. The summed E-state index contributed by atoms with van der Waals surface area (Å²) in [5, 5.41) is 3.57. The summed E-state index contributed by atoms with van der Waals surface area (Å²) in [5.74, 6) is 0.288. The van der Waals surface area contributed by atoms with E-state index in [2.05, 4.69) is 47.3 Å². The van der Waals surface area contributed by atoms with Crippen molar-refractivity contribution in [1.29, 1.82) is 0 Å². The summed E-state index contributed by atoms with van der Waals surface area (Å²) in [6.45, 7) is 6.36. The minimum Gasteiger partial charge on any atom is -0.368 e. The number of aryl methyl sites for hydroxylation is 1. The number of carbonyl (C=O) groups is 1. The van der Waals surface area contributed by atoms with Crippen LogP contribution in [0.25, 0.3) is 6.08 Å². The quantitative estimate of drug-likeness (QED) is 0.762. The van der Waals surface area contributed by atoms with Crippen molar-refractivity contribution >= 4 is 23.8 Å². The second kappa shape index (κ2) is 8.36. The number of allylic oxidation sites excluding steroid dienone is 6. The van der Waals surface area contributed by atoms with Crippen LogP contribution in [-0.4, -0.2) is 42.1 Å². The summed E-state index contributed by atoms with van der Waals surface area (Å²) in [4.78, 5) is 21.2. The van der Waals surface area contributed by atoms with Crippen molar-refractivity contribution in [3.8, 4) is 0 Å². The van der Waals surface area contributed by atoms with Crippen molar-refractivity contribution < 1.29 is 9.18 Å². The Bertz CT molecular complexity index is 1130. The summed E-state index contributed by atoms with van der Waals surface area (Å²) >= 11 is 0. The molecule has 164 valence electrons. The van der Waals surface area contributed by atoms with E-state index in [1.54, 1.807) is 17.2 Å². The van der Waals surface area contributed by atoms with Gasteiger partial charge >= 0.3 is 0 Å². The average Bonchev–Trinajstić information content (AvgIpc) is 3.06. The molecule has 5 nitrogen and oxygen atoms in total. The number of fused-ring (bicyclic) bond motifs is 2. The summed E-state index contributed by atoms with van der Waals surface area (Å²) in [6, 6.07) is 7.39. The molecular weight excluding hydrogens is 403 g/mol. The first-order chi connectivity index (χ1) is 15.5. The van der Waals surface area contributed by atoms with Gasteiger partial charge in [-0.2, -0.15) is 0 Å². The number of nitrogens with one attached hydrogen (secondary N) is 1. The summed E-state index contributed by atoms with van der Waals surface area (Å²) in [6.07, 6.45) is 13.0. The van der Waals surface area contributed by atoms with E-state index in [9.17, 15) is 9.18 Å². The highest BCUT2D eigenvalue weighted by Crippen LogP contribution is 2.31. The number of ketones is 1. The van der Waals surface area contributed by atoms with Crippen LogP contribution in [-0.2, 0) is 11.2 Å². The fourth-order valence-electron chi connectivity index (χ4n) is 4.80. The van der Waals surface area contributed by atoms with E-state index in [0.29, 0.717) is 36.3 Å². The summed E-state index contributed by atoms with van der Waals surface area (Å²) in [5.41, 5.74) is 4.87. The minimum absolute atomic E-state index is 0.0940. The number of Topliss-reactive ketones (excluding diaryl/α,β-unsaturated/α-hetero) is 1. The number of anilines is 1. The molecule has 32 heavy (non-hydrogen) atoms. The van der Waals surface area contributed by atoms with Gasteiger partial charge in [-0.3, -0.25) is 4.79 Å². The molecule has 0 spiro atoms. The highest BCUT2D eigenvalue weighted by atomic mass is 19.1. The molecule has 1 aromatic carbocycles. The largest absolute Gasteiger partial charge is 0.368 e. The van der Waals surface area contributed by atoms with Gasteiger partial charge in [0.2, 0.25) is 0 Å². The normalized spacial score (nSPS) is 25.2. The molecule has 0 amide bonds.